The van der Waals surface area contributed by atoms with Gasteiger partial charge < -0.3 is 0 Å². The number of hydrogen-bond acceptors (Lipinski definition) is 5. The van der Waals surface area contributed by atoms with Crippen LogP contribution in [0.2, 0.25) is 0 Å². The first-order chi connectivity index (χ1) is 22.6. The molecule has 0 bridgehead atoms. The fourth-order valence-electron chi connectivity index (χ4n) is 5.94. The molecule has 4 aromatic carbocycles. The summed E-state index contributed by atoms with van der Waals surface area (Å²) in [4.78, 5) is 24.3. The lowest BCUT2D eigenvalue weighted by Gasteiger charge is -2.11. The molecule has 46 heavy (non-hydrogen) atoms. The number of nitrogens with zero attached hydrogens (tertiary/aromatic N) is 5. The van der Waals surface area contributed by atoms with E-state index >= 15 is 0 Å². The molecule has 4 aromatic heterocycles. The van der Waals surface area contributed by atoms with Crippen LogP contribution in [0, 0.1) is 13.8 Å². The second-order valence-electron chi connectivity index (χ2n) is 11.5. The molecular weight excluding hydrogens is 562 g/mol. The van der Waals surface area contributed by atoms with Gasteiger partial charge in [-0.15, -0.1) is 0 Å². The molecule has 4 heterocycles. The van der Waals surface area contributed by atoms with Crippen molar-refractivity contribution in [1.29, 1.82) is 0 Å². The summed E-state index contributed by atoms with van der Waals surface area (Å²) in [6, 6.07) is 45.8. The second kappa shape index (κ2) is 11.5. The van der Waals surface area contributed by atoms with Crippen LogP contribution in [0.1, 0.15) is 11.3 Å². The highest BCUT2D eigenvalue weighted by atomic mass is 14.9. The summed E-state index contributed by atoms with van der Waals surface area (Å²) in [5.41, 5.74) is 12.8. The van der Waals surface area contributed by atoms with Gasteiger partial charge in [0.1, 0.15) is 5.69 Å². The van der Waals surface area contributed by atoms with Crippen molar-refractivity contribution in [2.75, 3.05) is 0 Å². The van der Waals surface area contributed by atoms with Crippen LogP contribution < -0.4 is 0 Å². The fraction of sp³-hybridized carbons (Fsp3) is 0.0488. The fourth-order valence-corrected chi connectivity index (χ4v) is 5.94. The molecule has 0 spiro atoms. The van der Waals surface area contributed by atoms with Gasteiger partial charge in [0.25, 0.3) is 0 Å². The summed E-state index contributed by atoms with van der Waals surface area (Å²) in [7, 11) is 0. The molecular formula is C41H29N5. The Morgan fingerprint density at radius 1 is 0.413 bits per heavy atom. The van der Waals surface area contributed by atoms with Crippen molar-refractivity contribution in [2.24, 2.45) is 0 Å². The molecule has 0 saturated carbocycles. The van der Waals surface area contributed by atoms with Crippen LogP contribution in [0.4, 0.5) is 0 Å². The Kier molecular flexibility index (Phi) is 6.84. The summed E-state index contributed by atoms with van der Waals surface area (Å²) in [6.45, 7) is 4.17. The Morgan fingerprint density at radius 3 is 1.87 bits per heavy atom. The van der Waals surface area contributed by atoms with Crippen molar-refractivity contribution in [2.45, 2.75) is 13.8 Å². The molecule has 8 aromatic rings. The first-order valence-corrected chi connectivity index (χ1v) is 15.3. The van der Waals surface area contributed by atoms with Gasteiger partial charge in [-0.05, 0) is 66.9 Å². The van der Waals surface area contributed by atoms with E-state index in [0.29, 0.717) is 5.82 Å². The molecule has 0 atom stereocenters. The molecule has 0 aliphatic carbocycles. The van der Waals surface area contributed by atoms with E-state index in [1.807, 2.05) is 55.5 Å². The standard InChI is InChI=1S/C41H29N5/c1-26-23-36(44-40-34(26)21-20-31-15-14-27(2)43-39(31)40)33-12-8-11-32(24-33)28-16-18-30(19-17-28)38-25-37(29-9-4-3-5-10-29)45-41(46-38)35-13-6-7-22-42-35/h3-25H,1-2H3. The first kappa shape index (κ1) is 27.5. The van der Waals surface area contributed by atoms with Gasteiger partial charge in [-0.25, -0.2) is 15.0 Å². The summed E-state index contributed by atoms with van der Waals surface area (Å²) in [5, 5.41) is 2.23. The molecule has 0 unspecified atom stereocenters. The van der Waals surface area contributed by atoms with Crippen LogP contribution in [-0.4, -0.2) is 24.9 Å². The van der Waals surface area contributed by atoms with Crippen molar-refractivity contribution >= 4 is 21.8 Å². The molecule has 0 aliphatic rings. The number of benzene rings is 4. The van der Waals surface area contributed by atoms with Crippen LogP contribution in [0.3, 0.4) is 0 Å². The molecule has 0 saturated heterocycles. The Labute approximate surface area is 267 Å². The lowest BCUT2D eigenvalue weighted by atomic mass is 9.98. The normalized spacial score (nSPS) is 11.3. The molecule has 8 rings (SSSR count). The Bertz CT molecular complexity index is 2310. The number of aromatic nitrogens is 5. The summed E-state index contributed by atoms with van der Waals surface area (Å²) >= 11 is 0. The molecule has 5 nitrogen and oxygen atoms in total. The number of fused-ring (bicyclic) bond motifs is 3. The number of hydrogen-bond donors (Lipinski definition) is 0. The Balaban J connectivity index is 1.17. The van der Waals surface area contributed by atoms with Gasteiger partial charge in [-0.1, -0.05) is 97.1 Å². The molecule has 0 amide bonds. The van der Waals surface area contributed by atoms with E-state index < -0.39 is 0 Å². The van der Waals surface area contributed by atoms with Gasteiger partial charge >= 0.3 is 0 Å². The summed E-state index contributed by atoms with van der Waals surface area (Å²) in [5.74, 6) is 0.602. The third-order valence-electron chi connectivity index (χ3n) is 8.35. The highest BCUT2D eigenvalue weighted by Gasteiger charge is 2.13. The van der Waals surface area contributed by atoms with Crippen LogP contribution in [0.15, 0.2) is 140 Å². The maximum atomic E-state index is 5.15. The SMILES string of the molecule is Cc1ccc2ccc3c(C)cc(-c4cccc(-c5ccc(-c6cc(-c7ccccc7)nc(-c7ccccn7)n6)cc5)c4)nc3c2n1. The predicted octanol–water partition coefficient (Wildman–Crippen LogP) is 9.92. The number of aryl methyl sites for hydroxylation is 2. The minimum atomic E-state index is 0.602. The van der Waals surface area contributed by atoms with Gasteiger partial charge in [0.2, 0.25) is 0 Å². The average molecular weight is 592 g/mol. The van der Waals surface area contributed by atoms with Gasteiger partial charge in [0.05, 0.1) is 28.1 Å². The zero-order valence-electron chi connectivity index (χ0n) is 25.5. The first-order valence-electron chi connectivity index (χ1n) is 15.3. The smallest absolute Gasteiger partial charge is 0.179 e. The monoisotopic (exact) mass is 591 g/mol. The van der Waals surface area contributed by atoms with Crippen LogP contribution in [0.25, 0.3) is 78.2 Å². The summed E-state index contributed by atoms with van der Waals surface area (Å²) < 4.78 is 0. The zero-order valence-corrected chi connectivity index (χ0v) is 25.5. The van der Waals surface area contributed by atoms with Crippen molar-refractivity contribution in [3.8, 4) is 56.4 Å². The number of rotatable bonds is 5. The molecule has 0 radical (unpaired) electrons. The van der Waals surface area contributed by atoms with Gasteiger partial charge in [0, 0.05) is 39.4 Å². The van der Waals surface area contributed by atoms with Crippen molar-refractivity contribution in [1.82, 2.24) is 24.9 Å². The van der Waals surface area contributed by atoms with E-state index in [4.69, 9.17) is 19.9 Å². The molecule has 218 valence electrons. The van der Waals surface area contributed by atoms with Crippen molar-refractivity contribution < 1.29 is 0 Å². The third kappa shape index (κ3) is 5.18. The highest BCUT2D eigenvalue weighted by Crippen LogP contribution is 2.33. The predicted molar refractivity (Wildman–Crippen MR) is 187 cm³/mol. The topological polar surface area (TPSA) is 64.5 Å². The minimum Gasteiger partial charge on any atom is -0.253 e. The maximum Gasteiger partial charge on any atom is 0.179 e. The van der Waals surface area contributed by atoms with E-state index in [1.165, 1.54) is 5.56 Å². The van der Waals surface area contributed by atoms with E-state index in [2.05, 4.69) is 96.8 Å². The molecule has 0 N–H and O–H groups in total. The van der Waals surface area contributed by atoms with Gasteiger partial charge in [0.15, 0.2) is 5.82 Å². The third-order valence-corrected chi connectivity index (χ3v) is 8.35. The second-order valence-corrected chi connectivity index (χ2v) is 11.5. The quantitative estimate of drug-likeness (QED) is 0.186. The average Bonchev–Trinajstić information content (AvgIpc) is 3.12. The van der Waals surface area contributed by atoms with E-state index in [9.17, 15) is 0 Å². The molecule has 5 heteroatoms. The largest absolute Gasteiger partial charge is 0.253 e. The Hall–Kier alpha value is -6.07. The molecule has 0 aliphatic heterocycles. The minimum absolute atomic E-state index is 0.602. The van der Waals surface area contributed by atoms with Crippen LogP contribution in [-0.2, 0) is 0 Å². The lowest BCUT2D eigenvalue weighted by molar-refractivity contribution is 1.15. The van der Waals surface area contributed by atoms with Gasteiger partial charge in [-0.2, -0.15) is 0 Å². The van der Waals surface area contributed by atoms with E-state index in [-0.39, 0.29) is 0 Å². The summed E-state index contributed by atoms with van der Waals surface area (Å²) in [6.07, 6.45) is 1.77. The van der Waals surface area contributed by atoms with E-state index in [0.717, 1.165) is 78.1 Å². The van der Waals surface area contributed by atoms with E-state index in [1.54, 1.807) is 6.20 Å². The van der Waals surface area contributed by atoms with Gasteiger partial charge in [-0.3, -0.25) is 9.97 Å². The highest BCUT2D eigenvalue weighted by molar-refractivity contribution is 6.04. The zero-order chi connectivity index (χ0) is 31.0. The van der Waals surface area contributed by atoms with Crippen LogP contribution in [0.5, 0.6) is 0 Å². The Morgan fingerprint density at radius 2 is 1.09 bits per heavy atom. The van der Waals surface area contributed by atoms with Crippen molar-refractivity contribution in [3.63, 3.8) is 0 Å². The van der Waals surface area contributed by atoms with Crippen molar-refractivity contribution in [3.05, 3.63) is 151 Å². The number of pyridine rings is 3. The molecule has 0 fully saturated rings. The van der Waals surface area contributed by atoms with Crippen LogP contribution >= 0.6 is 0 Å². The maximum absolute atomic E-state index is 5.15. The lowest BCUT2D eigenvalue weighted by Crippen LogP contribution is -1.97.